The van der Waals surface area contributed by atoms with Gasteiger partial charge >= 0.3 is 5.97 Å². The fourth-order valence-electron chi connectivity index (χ4n) is 2.78. The largest absolute Gasteiger partial charge is 0.466 e. The Morgan fingerprint density at radius 1 is 1.29 bits per heavy atom. The molecule has 1 saturated heterocycles. The van der Waals surface area contributed by atoms with Crippen LogP contribution in [-0.2, 0) is 32.2 Å². The normalized spacial score (nSPS) is 14.9. The molecule has 2 heterocycles. The summed E-state index contributed by atoms with van der Waals surface area (Å²) < 4.78 is 17.7. The van der Waals surface area contributed by atoms with Crippen LogP contribution in [0.25, 0.3) is 0 Å². The maximum absolute atomic E-state index is 12.9. The number of nitrogens with zero attached hydrogens (tertiary/aromatic N) is 3. The summed E-state index contributed by atoms with van der Waals surface area (Å²) >= 11 is 0. The van der Waals surface area contributed by atoms with E-state index < -0.39 is 8.07 Å². The van der Waals surface area contributed by atoms with Gasteiger partial charge in [-0.2, -0.15) is 0 Å². The second-order valence-corrected chi connectivity index (χ2v) is 13.7. The summed E-state index contributed by atoms with van der Waals surface area (Å²) in [6.45, 7) is 12.2. The highest BCUT2D eigenvalue weighted by Crippen LogP contribution is 2.12. The van der Waals surface area contributed by atoms with Crippen molar-refractivity contribution < 1.29 is 19.0 Å². The molecule has 9 heteroatoms. The summed E-state index contributed by atoms with van der Waals surface area (Å²) in [6, 6.07) is 1.04. The van der Waals surface area contributed by atoms with Crippen molar-refractivity contribution in [1.29, 1.82) is 0 Å². The molecule has 8 nitrogen and oxygen atoms in total. The van der Waals surface area contributed by atoms with E-state index in [1.807, 2.05) is 4.90 Å². The highest BCUT2D eigenvalue weighted by atomic mass is 28.3. The van der Waals surface area contributed by atoms with Gasteiger partial charge in [-0.25, -0.2) is 4.98 Å². The van der Waals surface area contributed by atoms with Gasteiger partial charge in [-0.05, 0) is 13.0 Å². The lowest BCUT2D eigenvalue weighted by molar-refractivity contribution is -0.143. The van der Waals surface area contributed by atoms with E-state index in [9.17, 15) is 9.59 Å². The van der Waals surface area contributed by atoms with Gasteiger partial charge in [0.1, 0.15) is 6.73 Å². The van der Waals surface area contributed by atoms with E-state index in [1.165, 1.54) is 0 Å². The van der Waals surface area contributed by atoms with Gasteiger partial charge in [0.05, 0.1) is 31.9 Å². The second kappa shape index (κ2) is 10.7. The Balaban J connectivity index is 2.14. The SMILES string of the molecule is CCOC(=O)CCc1cn(COCC[Si](C)(C)C)c(=O)c(N2CCOCC2)n1. The molecule has 28 heavy (non-hydrogen) atoms. The predicted molar refractivity (Wildman–Crippen MR) is 111 cm³/mol. The molecule has 0 aromatic carbocycles. The Labute approximate surface area is 167 Å². The Morgan fingerprint density at radius 3 is 2.64 bits per heavy atom. The fourth-order valence-corrected chi connectivity index (χ4v) is 3.54. The lowest BCUT2D eigenvalue weighted by Gasteiger charge is -2.28. The third-order valence-corrected chi connectivity index (χ3v) is 6.14. The summed E-state index contributed by atoms with van der Waals surface area (Å²) in [5, 5.41) is 0. The lowest BCUT2D eigenvalue weighted by atomic mass is 10.2. The van der Waals surface area contributed by atoms with Crippen LogP contribution < -0.4 is 10.5 Å². The summed E-state index contributed by atoms with van der Waals surface area (Å²) in [6.07, 6.45) is 2.35. The Morgan fingerprint density at radius 2 is 2.00 bits per heavy atom. The Bertz CT molecular complexity index is 696. The van der Waals surface area contributed by atoms with Gasteiger partial charge < -0.3 is 19.1 Å². The van der Waals surface area contributed by atoms with Crippen LogP contribution >= 0.6 is 0 Å². The number of carbonyl (C=O) groups is 1. The number of ether oxygens (including phenoxy) is 3. The number of aromatic nitrogens is 2. The van der Waals surface area contributed by atoms with Crippen molar-refractivity contribution in [3.63, 3.8) is 0 Å². The predicted octanol–water partition coefficient (Wildman–Crippen LogP) is 1.89. The molecule has 1 aromatic rings. The molecule has 0 aliphatic carbocycles. The molecule has 0 unspecified atom stereocenters. The number of esters is 1. The molecule has 1 aliphatic rings. The standard InChI is InChI=1S/C19H33N3O5Si/c1-5-27-17(23)7-6-16-14-22(15-26-12-13-28(2,3)4)19(24)18(20-16)21-8-10-25-11-9-21/h14H,5-13,15H2,1-4H3. The van der Waals surface area contributed by atoms with Gasteiger partial charge in [0.15, 0.2) is 5.82 Å². The number of hydrogen-bond acceptors (Lipinski definition) is 7. The first-order valence-corrected chi connectivity index (χ1v) is 13.7. The molecule has 0 saturated carbocycles. The van der Waals surface area contributed by atoms with Crippen molar-refractivity contribution in [2.45, 2.75) is 52.2 Å². The summed E-state index contributed by atoms with van der Waals surface area (Å²) in [4.78, 5) is 31.1. The minimum Gasteiger partial charge on any atom is -0.466 e. The number of morpholine rings is 1. The molecule has 0 N–H and O–H groups in total. The molecule has 158 valence electrons. The average molecular weight is 412 g/mol. The number of aryl methyl sites for hydroxylation is 1. The summed E-state index contributed by atoms with van der Waals surface area (Å²) in [7, 11) is -1.19. The molecule has 0 bridgehead atoms. The summed E-state index contributed by atoms with van der Waals surface area (Å²) in [5.74, 6) is 0.139. The van der Waals surface area contributed by atoms with E-state index in [4.69, 9.17) is 14.2 Å². The molecule has 0 amide bonds. The van der Waals surface area contributed by atoms with E-state index in [2.05, 4.69) is 24.6 Å². The maximum atomic E-state index is 12.9. The molecular weight excluding hydrogens is 378 g/mol. The highest BCUT2D eigenvalue weighted by molar-refractivity contribution is 6.76. The van der Waals surface area contributed by atoms with E-state index in [1.54, 1.807) is 17.7 Å². The number of anilines is 1. The van der Waals surface area contributed by atoms with Crippen LogP contribution in [0.2, 0.25) is 25.7 Å². The molecule has 0 atom stereocenters. The minimum absolute atomic E-state index is 0.171. The van der Waals surface area contributed by atoms with Crippen LogP contribution in [0.15, 0.2) is 11.0 Å². The van der Waals surface area contributed by atoms with Crippen molar-refractivity contribution >= 4 is 19.9 Å². The van der Waals surface area contributed by atoms with Crippen LogP contribution in [0, 0.1) is 0 Å². The Kier molecular flexibility index (Phi) is 8.65. The van der Waals surface area contributed by atoms with E-state index in [-0.39, 0.29) is 24.7 Å². The van der Waals surface area contributed by atoms with Crippen molar-refractivity contribution in [3.8, 4) is 0 Å². The van der Waals surface area contributed by atoms with Crippen LogP contribution in [0.1, 0.15) is 19.0 Å². The highest BCUT2D eigenvalue weighted by Gasteiger charge is 2.19. The fraction of sp³-hybridized carbons (Fsp3) is 0.737. The van der Waals surface area contributed by atoms with E-state index >= 15 is 0 Å². The molecule has 0 spiro atoms. The maximum Gasteiger partial charge on any atom is 0.306 e. The number of carbonyl (C=O) groups excluding carboxylic acids is 1. The zero-order valence-electron chi connectivity index (χ0n) is 17.5. The van der Waals surface area contributed by atoms with Gasteiger partial charge in [0.2, 0.25) is 0 Å². The first-order chi connectivity index (χ1) is 13.3. The van der Waals surface area contributed by atoms with Gasteiger partial charge in [-0.3, -0.25) is 14.2 Å². The molecule has 1 fully saturated rings. The Hall–Kier alpha value is -1.71. The first kappa shape index (κ1) is 22.6. The van der Waals surface area contributed by atoms with Crippen LogP contribution in [-0.4, -0.2) is 63.1 Å². The van der Waals surface area contributed by atoms with Crippen molar-refractivity contribution in [1.82, 2.24) is 9.55 Å². The van der Waals surface area contributed by atoms with Crippen molar-refractivity contribution in [2.75, 3.05) is 44.4 Å². The molecule has 2 rings (SSSR count). The second-order valence-electron chi connectivity index (χ2n) is 8.08. The van der Waals surface area contributed by atoms with Gasteiger partial charge in [0, 0.05) is 40.4 Å². The third-order valence-electron chi connectivity index (χ3n) is 4.43. The molecular formula is C19H33N3O5Si. The number of rotatable bonds is 10. The average Bonchev–Trinajstić information content (AvgIpc) is 2.65. The van der Waals surface area contributed by atoms with Crippen molar-refractivity contribution in [2.24, 2.45) is 0 Å². The zero-order valence-corrected chi connectivity index (χ0v) is 18.5. The monoisotopic (exact) mass is 411 g/mol. The van der Waals surface area contributed by atoms with Gasteiger partial charge in [-0.1, -0.05) is 19.6 Å². The molecule has 1 aliphatic heterocycles. The first-order valence-electron chi connectivity index (χ1n) is 9.96. The third kappa shape index (κ3) is 7.37. The van der Waals surface area contributed by atoms with Crippen LogP contribution in [0.4, 0.5) is 5.82 Å². The molecule has 0 radical (unpaired) electrons. The zero-order chi connectivity index (χ0) is 20.6. The van der Waals surface area contributed by atoms with Gasteiger partial charge in [0.25, 0.3) is 5.56 Å². The molecule has 1 aromatic heterocycles. The summed E-state index contributed by atoms with van der Waals surface area (Å²) in [5.41, 5.74) is 0.512. The van der Waals surface area contributed by atoms with Crippen molar-refractivity contribution in [3.05, 3.63) is 22.2 Å². The smallest absolute Gasteiger partial charge is 0.306 e. The van der Waals surface area contributed by atoms with E-state index in [0.717, 1.165) is 6.04 Å². The minimum atomic E-state index is -1.19. The van der Waals surface area contributed by atoms with Crippen LogP contribution in [0.5, 0.6) is 0 Å². The van der Waals surface area contributed by atoms with E-state index in [0.29, 0.717) is 57.4 Å². The van der Waals surface area contributed by atoms with Crippen LogP contribution in [0.3, 0.4) is 0 Å². The lowest BCUT2D eigenvalue weighted by Crippen LogP contribution is -2.41. The quantitative estimate of drug-likeness (QED) is 0.330. The topological polar surface area (TPSA) is 82.9 Å². The van der Waals surface area contributed by atoms with Gasteiger partial charge in [-0.15, -0.1) is 0 Å². The number of hydrogen-bond donors (Lipinski definition) is 0.